The first-order valence-corrected chi connectivity index (χ1v) is 8.22. The second-order valence-corrected chi connectivity index (χ2v) is 6.95. The van der Waals surface area contributed by atoms with Crippen LogP contribution in [0.2, 0.25) is 10.0 Å². The summed E-state index contributed by atoms with van der Waals surface area (Å²) in [4.78, 5) is 0.465. The van der Waals surface area contributed by atoms with Crippen LogP contribution >= 0.6 is 39.1 Å². The summed E-state index contributed by atoms with van der Waals surface area (Å²) in [5.41, 5.74) is 7.28. The number of nitrogens with two attached hydrogens (primary N) is 1. The summed E-state index contributed by atoms with van der Waals surface area (Å²) < 4.78 is 13.2. The van der Waals surface area contributed by atoms with Gasteiger partial charge in [0.05, 0.1) is 31.5 Å². The van der Waals surface area contributed by atoms with Crippen LogP contribution in [0.4, 0.5) is 5.69 Å². The summed E-state index contributed by atoms with van der Waals surface area (Å²) in [6.07, 6.45) is 0. The molecule has 0 aliphatic rings. The van der Waals surface area contributed by atoms with Crippen molar-refractivity contribution in [3.63, 3.8) is 0 Å². The first-order chi connectivity index (χ1) is 8.99. The van der Waals surface area contributed by atoms with Gasteiger partial charge in [0, 0.05) is 10.2 Å². The van der Waals surface area contributed by atoms with Gasteiger partial charge in [-0.05, 0) is 45.8 Å². The molecule has 0 fully saturated rings. The van der Waals surface area contributed by atoms with Crippen LogP contribution in [0.25, 0.3) is 0 Å². The van der Waals surface area contributed by atoms with Crippen molar-refractivity contribution in [1.29, 1.82) is 0 Å². The van der Waals surface area contributed by atoms with Gasteiger partial charge in [0.1, 0.15) is 0 Å². The van der Waals surface area contributed by atoms with E-state index in [1.807, 2.05) is 12.1 Å². The van der Waals surface area contributed by atoms with Crippen molar-refractivity contribution < 1.29 is 4.21 Å². The fourth-order valence-corrected chi connectivity index (χ4v) is 3.96. The SMILES string of the molecule is Nc1cc(CS(=O)c2c(Cl)cccc2Cl)ccc1Br. The zero-order valence-corrected chi connectivity index (χ0v) is 13.6. The van der Waals surface area contributed by atoms with Crippen LogP contribution < -0.4 is 5.73 Å². The Kier molecular flexibility index (Phi) is 4.90. The van der Waals surface area contributed by atoms with Crippen molar-refractivity contribution in [3.8, 4) is 0 Å². The lowest BCUT2D eigenvalue weighted by Crippen LogP contribution is -1.99. The molecule has 1 atom stereocenters. The molecule has 2 aromatic rings. The van der Waals surface area contributed by atoms with Crippen LogP contribution in [-0.2, 0) is 16.6 Å². The molecule has 19 heavy (non-hydrogen) atoms. The molecule has 0 amide bonds. The maximum atomic E-state index is 12.3. The fourth-order valence-electron chi connectivity index (χ4n) is 1.61. The highest BCUT2D eigenvalue weighted by molar-refractivity contribution is 9.10. The third-order valence-corrected chi connectivity index (χ3v) is 5.57. The lowest BCUT2D eigenvalue weighted by atomic mass is 10.2. The Bertz CT molecular complexity index is 628. The highest BCUT2D eigenvalue weighted by Crippen LogP contribution is 2.30. The van der Waals surface area contributed by atoms with E-state index in [9.17, 15) is 4.21 Å². The average Bonchev–Trinajstić information content (AvgIpc) is 2.33. The van der Waals surface area contributed by atoms with E-state index in [-0.39, 0.29) is 0 Å². The van der Waals surface area contributed by atoms with Gasteiger partial charge in [-0.1, -0.05) is 35.3 Å². The van der Waals surface area contributed by atoms with E-state index >= 15 is 0 Å². The van der Waals surface area contributed by atoms with Gasteiger partial charge in [-0.2, -0.15) is 0 Å². The molecule has 0 spiro atoms. The molecule has 0 saturated heterocycles. The molecule has 2 N–H and O–H groups in total. The molecular weight excluding hydrogens is 369 g/mol. The molecular formula is C13H10BrCl2NOS. The molecule has 0 saturated carbocycles. The minimum Gasteiger partial charge on any atom is -0.398 e. The van der Waals surface area contributed by atoms with Crippen LogP contribution in [-0.4, -0.2) is 4.21 Å². The average molecular weight is 379 g/mol. The third-order valence-electron chi connectivity index (χ3n) is 2.50. The van der Waals surface area contributed by atoms with Gasteiger partial charge in [0.2, 0.25) is 0 Å². The smallest absolute Gasteiger partial charge is 0.0763 e. The van der Waals surface area contributed by atoms with E-state index in [1.54, 1.807) is 24.3 Å². The zero-order valence-electron chi connectivity index (χ0n) is 9.70. The van der Waals surface area contributed by atoms with Gasteiger partial charge < -0.3 is 5.73 Å². The number of hydrogen-bond donors (Lipinski definition) is 1. The zero-order chi connectivity index (χ0) is 14.0. The van der Waals surface area contributed by atoms with Crippen molar-refractivity contribution >= 4 is 55.6 Å². The Morgan fingerprint density at radius 2 is 1.79 bits per heavy atom. The van der Waals surface area contributed by atoms with E-state index in [1.165, 1.54) is 0 Å². The molecule has 100 valence electrons. The van der Waals surface area contributed by atoms with Crippen molar-refractivity contribution in [2.75, 3.05) is 5.73 Å². The van der Waals surface area contributed by atoms with Gasteiger partial charge in [-0.15, -0.1) is 0 Å². The molecule has 6 heteroatoms. The first-order valence-electron chi connectivity index (χ1n) is 5.35. The van der Waals surface area contributed by atoms with Crippen LogP contribution in [0.3, 0.4) is 0 Å². The Morgan fingerprint density at radius 1 is 1.16 bits per heavy atom. The van der Waals surface area contributed by atoms with Gasteiger partial charge in [-0.3, -0.25) is 4.21 Å². The van der Waals surface area contributed by atoms with E-state index in [0.717, 1.165) is 10.0 Å². The quantitative estimate of drug-likeness (QED) is 0.790. The van der Waals surface area contributed by atoms with Crippen molar-refractivity contribution in [3.05, 3.63) is 56.5 Å². The van der Waals surface area contributed by atoms with E-state index < -0.39 is 10.8 Å². The van der Waals surface area contributed by atoms with E-state index in [0.29, 0.717) is 26.4 Å². The number of benzene rings is 2. The summed E-state index contributed by atoms with van der Waals surface area (Å²) >= 11 is 15.4. The Morgan fingerprint density at radius 3 is 2.37 bits per heavy atom. The van der Waals surface area contributed by atoms with E-state index in [4.69, 9.17) is 28.9 Å². The number of nitrogen functional groups attached to an aromatic ring is 1. The van der Waals surface area contributed by atoms with Gasteiger partial charge in [-0.25, -0.2) is 0 Å². The van der Waals surface area contributed by atoms with Crippen molar-refractivity contribution in [2.45, 2.75) is 10.6 Å². The Labute approximate surface area is 132 Å². The number of rotatable bonds is 3. The maximum Gasteiger partial charge on any atom is 0.0763 e. The van der Waals surface area contributed by atoms with Crippen LogP contribution in [0.15, 0.2) is 45.8 Å². The largest absolute Gasteiger partial charge is 0.398 e. The number of hydrogen-bond acceptors (Lipinski definition) is 2. The predicted molar refractivity (Wildman–Crippen MR) is 85.1 cm³/mol. The monoisotopic (exact) mass is 377 g/mol. The van der Waals surface area contributed by atoms with Gasteiger partial charge >= 0.3 is 0 Å². The van der Waals surface area contributed by atoms with Gasteiger partial charge in [0.25, 0.3) is 0 Å². The molecule has 0 aliphatic carbocycles. The minimum atomic E-state index is -1.31. The summed E-state index contributed by atoms with van der Waals surface area (Å²) in [6, 6.07) is 10.6. The molecule has 0 heterocycles. The molecule has 2 rings (SSSR count). The highest BCUT2D eigenvalue weighted by atomic mass is 79.9. The lowest BCUT2D eigenvalue weighted by molar-refractivity contribution is 0.682. The second kappa shape index (κ2) is 6.27. The molecule has 0 aromatic heterocycles. The second-order valence-electron chi connectivity index (χ2n) is 3.90. The van der Waals surface area contributed by atoms with Crippen LogP contribution in [0.5, 0.6) is 0 Å². The number of anilines is 1. The molecule has 2 aromatic carbocycles. The Balaban J connectivity index is 2.28. The first kappa shape index (κ1) is 14.9. The highest BCUT2D eigenvalue weighted by Gasteiger charge is 2.14. The molecule has 0 aliphatic heterocycles. The fraction of sp³-hybridized carbons (Fsp3) is 0.0769. The standard InChI is InChI=1S/C13H10BrCl2NOS/c14-9-5-4-8(6-12(9)17)7-19(18)13-10(15)2-1-3-11(13)16/h1-6H,7,17H2. The molecule has 2 nitrogen and oxygen atoms in total. The summed E-state index contributed by atoms with van der Waals surface area (Å²) in [6.45, 7) is 0. The summed E-state index contributed by atoms with van der Waals surface area (Å²) in [5, 5.41) is 0.826. The third kappa shape index (κ3) is 3.51. The maximum absolute atomic E-state index is 12.3. The van der Waals surface area contributed by atoms with Crippen LogP contribution in [0, 0.1) is 0 Å². The minimum absolute atomic E-state index is 0.320. The topological polar surface area (TPSA) is 43.1 Å². The van der Waals surface area contributed by atoms with Crippen LogP contribution in [0.1, 0.15) is 5.56 Å². The summed E-state index contributed by atoms with van der Waals surface area (Å²) in [5.74, 6) is 0.320. The van der Waals surface area contributed by atoms with E-state index in [2.05, 4.69) is 15.9 Å². The predicted octanol–water partition coefficient (Wildman–Crippen LogP) is 4.65. The molecule has 0 bridgehead atoms. The molecule has 0 radical (unpaired) electrons. The van der Waals surface area contributed by atoms with Crippen molar-refractivity contribution in [1.82, 2.24) is 0 Å². The number of halogens is 3. The van der Waals surface area contributed by atoms with Crippen molar-refractivity contribution in [2.24, 2.45) is 0 Å². The Hall–Kier alpha value is -0.550. The van der Waals surface area contributed by atoms with Gasteiger partial charge in [0.15, 0.2) is 0 Å². The lowest BCUT2D eigenvalue weighted by Gasteiger charge is -2.08. The molecule has 1 unspecified atom stereocenters. The normalized spacial score (nSPS) is 12.4. The summed E-state index contributed by atoms with van der Waals surface area (Å²) in [7, 11) is -1.31.